The van der Waals surface area contributed by atoms with Gasteiger partial charge in [0.2, 0.25) is 0 Å². The number of amides is 1. The third-order valence-corrected chi connectivity index (χ3v) is 3.47. The standard InChI is InChI=1S/C12H24N2O2/c1-4-10(5-2)8-13-11-6-7-14(9-11)12(15)16-3/h10-11,13H,4-9H2,1-3H3. The molecule has 0 spiro atoms. The van der Waals surface area contributed by atoms with Crippen LogP contribution in [0.25, 0.3) is 0 Å². The molecule has 1 rings (SSSR count). The third kappa shape index (κ3) is 3.67. The molecule has 94 valence electrons. The van der Waals surface area contributed by atoms with Gasteiger partial charge in [-0.3, -0.25) is 0 Å². The van der Waals surface area contributed by atoms with Crippen LogP contribution in [0.3, 0.4) is 0 Å². The van der Waals surface area contributed by atoms with Crippen LogP contribution in [-0.4, -0.2) is 43.8 Å². The van der Waals surface area contributed by atoms with Gasteiger partial charge in [0.05, 0.1) is 7.11 Å². The van der Waals surface area contributed by atoms with E-state index < -0.39 is 0 Å². The fourth-order valence-electron chi connectivity index (χ4n) is 2.13. The minimum atomic E-state index is -0.202. The van der Waals surface area contributed by atoms with Crippen LogP contribution in [0.4, 0.5) is 4.79 Å². The van der Waals surface area contributed by atoms with Crippen molar-refractivity contribution < 1.29 is 9.53 Å². The fraction of sp³-hybridized carbons (Fsp3) is 0.917. The van der Waals surface area contributed by atoms with Crippen LogP contribution in [-0.2, 0) is 4.74 Å². The Labute approximate surface area is 98.3 Å². The van der Waals surface area contributed by atoms with E-state index in [-0.39, 0.29) is 6.09 Å². The van der Waals surface area contributed by atoms with Gasteiger partial charge < -0.3 is 15.0 Å². The summed E-state index contributed by atoms with van der Waals surface area (Å²) in [5.74, 6) is 0.757. The number of carbonyl (C=O) groups excluding carboxylic acids is 1. The number of nitrogens with one attached hydrogen (secondary N) is 1. The van der Waals surface area contributed by atoms with E-state index >= 15 is 0 Å². The van der Waals surface area contributed by atoms with Gasteiger partial charge in [-0.25, -0.2) is 4.79 Å². The third-order valence-electron chi connectivity index (χ3n) is 3.47. The Morgan fingerprint density at radius 3 is 2.75 bits per heavy atom. The molecule has 1 aliphatic rings. The monoisotopic (exact) mass is 228 g/mol. The molecule has 4 heteroatoms. The van der Waals surface area contributed by atoms with Crippen LogP contribution in [0, 0.1) is 5.92 Å². The largest absolute Gasteiger partial charge is 0.453 e. The summed E-state index contributed by atoms with van der Waals surface area (Å²) in [6.45, 7) is 7.11. The van der Waals surface area contributed by atoms with Crippen molar-refractivity contribution in [3.63, 3.8) is 0 Å². The molecule has 1 N–H and O–H groups in total. The van der Waals surface area contributed by atoms with Crippen molar-refractivity contribution in [3.05, 3.63) is 0 Å². The fourth-order valence-corrected chi connectivity index (χ4v) is 2.13. The molecule has 4 nitrogen and oxygen atoms in total. The Morgan fingerprint density at radius 2 is 2.19 bits per heavy atom. The van der Waals surface area contributed by atoms with Crippen molar-refractivity contribution in [1.29, 1.82) is 0 Å². The van der Waals surface area contributed by atoms with Crippen LogP contribution in [0.2, 0.25) is 0 Å². The number of nitrogens with zero attached hydrogens (tertiary/aromatic N) is 1. The molecule has 0 aromatic rings. The molecule has 1 fully saturated rings. The maximum absolute atomic E-state index is 11.3. The summed E-state index contributed by atoms with van der Waals surface area (Å²) < 4.78 is 4.71. The quantitative estimate of drug-likeness (QED) is 0.781. The Kier molecular flexibility index (Phi) is 5.60. The predicted molar refractivity (Wildman–Crippen MR) is 64.5 cm³/mol. The zero-order chi connectivity index (χ0) is 12.0. The summed E-state index contributed by atoms with van der Waals surface area (Å²) in [6, 6.07) is 0.444. The van der Waals surface area contributed by atoms with Crippen LogP contribution in [0.15, 0.2) is 0 Å². The topological polar surface area (TPSA) is 41.6 Å². The van der Waals surface area contributed by atoms with E-state index in [2.05, 4.69) is 19.2 Å². The predicted octanol–water partition coefficient (Wildman–Crippen LogP) is 1.85. The number of rotatable bonds is 5. The van der Waals surface area contributed by atoms with E-state index in [9.17, 15) is 4.79 Å². The zero-order valence-corrected chi connectivity index (χ0v) is 10.7. The van der Waals surface area contributed by atoms with Crippen molar-refractivity contribution in [2.75, 3.05) is 26.7 Å². The van der Waals surface area contributed by atoms with Gasteiger partial charge in [0, 0.05) is 19.1 Å². The number of methoxy groups -OCH3 is 1. The average Bonchev–Trinajstić information content (AvgIpc) is 2.78. The van der Waals surface area contributed by atoms with Gasteiger partial charge >= 0.3 is 6.09 Å². The molecule has 0 bridgehead atoms. The SMILES string of the molecule is CCC(CC)CNC1CCN(C(=O)OC)C1. The second-order valence-corrected chi connectivity index (χ2v) is 4.49. The highest BCUT2D eigenvalue weighted by Crippen LogP contribution is 2.12. The summed E-state index contributed by atoms with van der Waals surface area (Å²) in [6.07, 6.45) is 3.27. The lowest BCUT2D eigenvalue weighted by molar-refractivity contribution is 0.132. The molecular formula is C12H24N2O2. The van der Waals surface area contributed by atoms with Crippen molar-refractivity contribution in [2.45, 2.75) is 39.2 Å². The first kappa shape index (κ1) is 13.3. The highest BCUT2D eigenvalue weighted by molar-refractivity contribution is 5.67. The van der Waals surface area contributed by atoms with Gasteiger partial charge in [-0.1, -0.05) is 26.7 Å². The summed E-state index contributed by atoms with van der Waals surface area (Å²) >= 11 is 0. The first-order valence-corrected chi connectivity index (χ1v) is 6.27. The van der Waals surface area contributed by atoms with E-state index in [0.717, 1.165) is 32.0 Å². The summed E-state index contributed by atoms with van der Waals surface area (Å²) in [5, 5.41) is 3.54. The summed E-state index contributed by atoms with van der Waals surface area (Å²) in [4.78, 5) is 13.1. The van der Waals surface area contributed by atoms with Crippen LogP contribution in [0.5, 0.6) is 0 Å². The molecule has 1 atom stereocenters. The molecular weight excluding hydrogens is 204 g/mol. The Bertz CT molecular complexity index is 217. The molecule has 0 radical (unpaired) electrons. The van der Waals surface area contributed by atoms with Crippen molar-refractivity contribution in [3.8, 4) is 0 Å². The minimum Gasteiger partial charge on any atom is -0.453 e. The van der Waals surface area contributed by atoms with Gasteiger partial charge in [-0.15, -0.1) is 0 Å². The lowest BCUT2D eigenvalue weighted by Gasteiger charge is -2.18. The second-order valence-electron chi connectivity index (χ2n) is 4.49. The van der Waals surface area contributed by atoms with Crippen molar-refractivity contribution >= 4 is 6.09 Å². The molecule has 1 amide bonds. The molecule has 0 aliphatic carbocycles. The number of likely N-dealkylation sites (tertiary alicyclic amines) is 1. The van der Waals surface area contributed by atoms with E-state index in [1.165, 1.54) is 20.0 Å². The Morgan fingerprint density at radius 1 is 1.50 bits per heavy atom. The highest BCUT2D eigenvalue weighted by Gasteiger charge is 2.26. The highest BCUT2D eigenvalue weighted by atomic mass is 16.5. The Hall–Kier alpha value is -0.770. The van der Waals surface area contributed by atoms with Crippen LogP contribution in [0.1, 0.15) is 33.1 Å². The molecule has 1 unspecified atom stereocenters. The molecule has 1 heterocycles. The molecule has 0 saturated carbocycles. The van der Waals surface area contributed by atoms with Gasteiger partial charge in [0.15, 0.2) is 0 Å². The van der Waals surface area contributed by atoms with Crippen LogP contribution < -0.4 is 5.32 Å². The maximum Gasteiger partial charge on any atom is 0.409 e. The first-order chi connectivity index (χ1) is 7.71. The zero-order valence-electron chi connectivity index (χ0n) is 10.7. The molecule has 1 aliphatic heterocycles. The summed E-state index contributed by atoms with van der Waals surface area (Å²) in [7, 11) is 1.44. The number of hydrogen-bond donors (Lipinski definition) is 1. The second kappa shape index (κ2) is 6.74. The summed E-state index contributed by atoms with van der Waals surface area (Å²) in [5.41, 5.74) is 0. The lowest BCUT2D eigenvalue weighted by Crippen LogP contribution is -2.37. The van der Waals surface area contributed by atoms with Gasteiger partial charge in [-0.05, 0) is 18.9 Å². The number of ether oxygens (including phenoxy) is 1. The normalized spacial score (nSPS) is 20.5. The molecule has 0 aromatic heterocycles. The average molecular weight is 228 g/mol. The lowest BCUT2D eigenvalue weighted by atomic mass is 10.0. The van der Waals surface area contributed by atoms with E-state index in [4.69, 9.17) is 4.74 Å². The molecule has 1 saturated heterocycles. The Balaban J connectivity index is 2.23. The van der Waals surface area contributed by atoms with Crippen molar-refractivity contribution in [1.82, 2.24) is 10.2 Å². The molecule has 16 heavy (non-hydrogen) atoms. The van der Waals surface area contributed by atoms with Gasteiger partial charge in [0.1, 0.15) is 0 Å². The van der Waals surface area contributed by atoms with E-state index in [1.54, 1.807) is 4.90 Å². The number of hydrogen-bond acceptors (Lipinski definition) is 3. The first-order valence-electron chi connectivity index (χ1n) is 6.27. The number of carbonyl (C=O) groups is 1. The smallest absolute Gasteiger partial charge is 0.409 e. The maximum atomic E-state index is 11.3. The van der Waals surface area contributed by atoms with E-state index in [0.29, 0.717) is 6.04 Å². The minimum absolute atomic E-state index is 0.202. The van der Waals surface area contributed by atoms with Gasteiger partial charge in [-0.2, -0.15) is 0 Å². The molecule has 0 aromatic carbocycles. The van der Waals surface area contributed by atoms with E-state index in [1.807, 2.05) is 0 Å². The van der Waals surface area contributed by atoms with Crippen molar-refractivity contribution in [2.24, 2.45) is 5.92 Å². The van der Waals surface area contributed by atoms with Crippen LogP contribution >= 0.6 is 0 Å². The van der Waals surface area contributed by atoms with Gasteiger partial charge in [0.25, 0.3) is 0 Å².